The molecular formula is C19H33FO2. The fourth-order valence-electron chi connectivity index (χ4n) is 3.59. The molecule has 1 fully saturated rings. The van der Waals surface area contributed by atoms with E-state index in [2.05, 4.69) is 13.8 Å². The number of carbonyl (C=O) groups is 1. The van der Waals surface area contributed by atoms with E-state index in [4.69, 9.17) is 0 Å². The number of aliphatic hydroxyl groups excluding tert-OH is 1. The number of hydrogen-bond acceptors (Lipinski definition) is 2. The van der Waals surface area contributed by atoms with Gasteiger partial charge in [-0.15, -0.1) is 0 Å². The van der Waals surface area contributed by atoms with Gasteiger partial charge in [-0.25, -0.2) is 0 Å². The van der Waals surface area contributed by atoms with Crippen LogP contribution >= 0.6 is 0 Å². The molecule has 0 amide bonds. The number of hydrogen-bond donors (Lipinski definition) is 1. The van der Waals surface area contributed by atoms with E-state index >= 15 is 0 Å². The largest absolute Gasteiger partial charge is 0.512 e. The monoisotopic (exact) mass is 312 g/mol. The predicted octanol–water partition coefficient (Wildman–Crippen LogP) is 5.77. The molecule has 1 aliphatic rings. The lowest BCUT2D eigenvalue weighted by molar-refractivity contribution is -0.124. The van der Waals surface area contributed by atoms with Gasteiger partial charge in [-0.1, -0.05) is 40.5 Å². The first kappa shape index (κ1) is 19.2. The molecule has 0 heterocycles. The number of ketones is 1. The molecule has 0 aromatic carbocycles. The number of aliphatic hydroxyl groups is 1. The predicted molar refractivity (Wildman–Crippen MR) is 89.7 cm³/mol. The maximum atomic E-state index is 12.7. The summed E-state index contributed by atoms with van der Waals surface area (Å²) >= 11 is 0. The smallest absolute Gasteiger partial charge is 0.164 e. The average Bonchev–Trinajstić information content (AvgIpc) is 2.54. The normalized spacial score (nSPS) is 22.3. The van der Waals surface area contributed by atoms with Crippen molar-refractivity contribution in [3.63, 3.8) is 0 Å². The van der Waals surface area contributed by atoms with Crippen LogP contribution in [0.4, 0.5) is 4.39 Å². The van der Waals surface area contributed by atoms with Crippen LogP contribution in [0.3, 0.4) is 0 Å². The molecule has 3 heteroatoms. The lowest BCUT2D eigenvalue weighted by atomic mass is 9.67. The molecule has 0 aromatic heterocycles. The van der Waals surface area contributed by atoms with Crippen LogP contribution in [0.5, 0.6) is 0 Å². The zero-order chi connectivity index (χ0) is 16.8. The van der Waals surface area contributed by atoms with E-state index in [1.54, 1.807) is 6.92 Å². The molecule has 0 aromatic rings. The van der Waals surface area contributed by atoms with Crippen LogP contribution in [-0.2, 0) is 4.79 Å². The highest BCUT2D eigenvalue weighted by Gasteiger charge is 2.35. The van der Waals surface area contributed by atoms with E-state index in [0.29, 0.717) is 11.8 Å². The van der Waals surface area contributed by atoms with Gasteiger partial charge in [-0.3, -0.25) is 9.18 Å². The zero-order valence-electron chi connectivity index (χ0n) is 14.8. The third-order valence-corrected chi connectivity index (χ3v) is 6.26. The van der Waals surface area contributed by atoms with Crippen molar-refractivity contribution in [2.75, 3.05) is 6.67 Å². The minimum absolute atomic E-state index is 0.0988. The molecule has 22 heavy (non-hydrogen) atoms. The fraction of sp³-hybridized carbons (Fsp3) is 0.842. The Bertz CT molecular complexity index is 388. The lowest BCUT2D eigenvalue weighted by Gasteiger charge is -2.39. The highest BCUT2D eigenvalue weighted by Crippen LogP contribution is 2.45. The Labute approximate surface area is 135 Å². The van der Waals surface area contributed by atoms with Gasteiger partial charge in [0.15, 0.2) is 5.78 Å². The van der Waals surface area contributed by atoms with Gasteiger partial charge in [0.05, 0.1) is 12.4 Å². The Morgan fingerprint density at radius 3 is 2.23 bits per heavy atom. The molecule has 1 unspecified atom stereocenters. The van der Waals surface area contributed by atoms with Gasteiger partial charge >= 0.3 is 0 Å². The first-order chi connectivity index (χ1) is 10.4. The SMILES string of the molecule is CCC1(CC)CCC(/C(O)=C/C(=O)C(C)(CC)CCF)CC1. The summed E-state index contributed by atoms with van der Waals surface area (Å²) < 4.78 is 12.7. The molecule has 1 saturated carbocycles. The summed E-state index contributed by atoms with van der Waals surface area (Å²) in [5, 5.41) is 10.3. The fourth-order valence-corrected chi connectivity index (χ4v) is 3.59. The second-order valence-electron chi connectivity index (χ2n) is 7.27. The Balaban J connectivity index is 2.72. The van der Waals surface area contributed by atoms with E-state index in [1.807, 2.05) is 6.92 Å². The van der Waals surface area contributed by atoms with Gasteiger partial charge in [-0.2, -0.15) is 0 Å². The van der Waals surface area contributed by atoms with Crippen LogP contribution < -0.4 is 0 Å². The second-order valence-corrected chi connectivity index (χ2v) is 7.27. The molecule has 1 N–H and O–H groups in total. The van der Waals surface area contributed by atoms with Crippen molar-refractivity contribution in [3.8, 4) is 0 Å². The average molecular weight is 312 g/mol. The number of allylic oxidation sites excluding steroid dienone is 2. The Hall–Kier alpha value is -0.860. The molecule has 1 atom stereocenters. The third-order valence-electron chi connectivity index (χ3n) is 6.26. The summed E-state index contributed by atoms with van der Waals surface area (Å²) in [4.78, 5) is 12.4. The zero-order valence-corrected chi connectivity index (χ0v) is 14.8. The van der Waals surface area contributed by atoms with Gasteiger partial charge in [0, 0.05) is 17.4 Å². The standard InChI is InChI=1S/C19H33FO2/c1-5-18(4,12-13-20)17(22)14-16(21)15-8-10-19(6-2,7-3)11-9-15/h14-15,21H,5-13H2,1-4H3/b16-14-. The molecule has 2 nitrogen and oxygen atoms in total. The third kappa shape index (κ3) is 4.33. The van der Waals surface area contributed by atoms with Crippen molar-refractivity contribution in [3.05, 3.63) is 11.8 Å². The summed E-state index contributed by atoms with van der Waals surface area (Å²) in [7, 11) is 0. The van der Waals surface area contributed by atoms with Crippen LogP contribution in [0.25, 0.3) is 0 Å². The topological polar surface area (TPSA) is 37.3 Å². The number of alkyl halides is 1. The molecule has 0 aliphatic heterocycles. The summed E-state index contributed by atoms with van der Waals surface area (Å²) in [6.45, 7) is 7.68. The summed E-state index contributed by atoms with van der Waals surface area (Å²) in [6, 6.07) is 0. The highest BCUT2D eigenvalue weighted by atomic mass is 19.1. The maximum Gasteiger partial charge on any atom is 0.164 e. The van der Waals surface area contributed by atoms with Crippen molar-refractivity contribution >= 4 is 5.78 Å². The molecule has 128 valence electrons. The van der Waals surface area contributed by atoms with Gasteiger partial charge in [0.1, 0.15) is 0 Å². The van der Waals surface area contributed by atoms with Gasteiger partial charge in [-0.05, 0) is 43.9 Å². The number of halogens is 1. The van der Waals surface area contributed by atoms with Crippen molar-refractivity contribution in [1.82, 2.24) is 0 Å². The quantitative estimate of drug-likeness (QED) is 0.456. The number of rotatable bonds is 8. The summed E-state index contributed by atoms with van der Waals surface area (Å²) in [5.74, 6) is 0.180. The molecule has 1 aliphatic carbocycles. The lowest BCUT2D eigenvalue weighted by Crippen LogP contribution is -2.29. The van der Waals surface area contributed by atoms with Crippen molar-refractivity contribution < 1.29 is 14.3 Å². The molecule has 0 radical (unpaired) electrons. The van der Waals surface area contributed by atoms with E-state index in [-0.39, 0.29) is 23.9 Å². The van der Waals surface area contributed by atoms with E-state index < -0.39 is 12.1 Å². The van der Waals surface area contributed by atoms with Gasteiger partial charge < -0.3 is 5.11 Å². The van der Waals surface area contributed by atoms with Crippen molar-refractivity contribution in [2.24, 2.45) is 16.7 Å². The van der Waals surface area contributed by atoms with Crippen LogP contribution in [0.15, 0.2) is 11.8 Å². The molecular weight excluding hydrogens is 279 g/mol. The first-order valence-electron chi connectivity index (χ1n) is 8.87. The van der Waals surface area contributed by atoms with Crippen molar-refractivity contribution in [1.29, 1.82) is 0 Å². The summed E-state index contributed by atoms with van der Waals surface area (Å²) in [6.07, 6.45) is 8.71. The molecule has 0 spiro atoms. The van der Waals surface area contributed by atoms with E-state index in [1.165, 1.54) is 18.9 Å². The van der Waals surface area contributed by atoms with Crippen LogP contribution in [0, 0.1) is 16.7 Å². The molecule has 0 saturated heterocycles. The minimum atomic E-state index is -0.687. The maximum absolute atomic E-state index is 12.7. The second kappa shape index (κ2) is 8.12. The van der Waals surface area contributed by atoms with E-state index in [9.17, 15) is 14.3 Å². The van der Waals surface area contributed by atoms with Crippen LogP contribution in [0.1, 0.15) is 79.1 Å². The summed E-state index contributed by atoms with van der Waals surface area (Å²) in [5.41, 5.74) is -0.263. The van der Waals surface area contributed by atoms with Crippen molar-refractivity contribution in [2.45, 2.75) is 79.1 Å². The van der Waals surface area contributed by atoms with E-state index in [0.717, 1.165) is 25.7 Å². The Kier molecular flexibility index (Phi) is 7.08. The van der Waals surface area contributed by atoms with Crippen LogP contribution in [-0.4, -0.2) is 17.6 Å². The van der Waals surface area contributed by atoms with Gasteiger partial charge in [0.2, 0.25) is 0 Å². The minimum Gasteiger partial charge on any atom is -0.512 e. The number of carbonyl (C=O) groups excluding carboxylic acids is 1. The Morgan fingerprint density at radius 1 is 1.27 bits per heavy atom. The highest BCUT2D eigenvalue weighted by molar-refractivity contribution is 5.94. The Morgan fingerprint density at radius 2 is 1.82 bits per heavy atom. The van der Waals surface area contributed by atoms with Gasteiger partial charge in [0.25, 0.3) is 0 Å². The van der Waals surface area contributed by atoms with Crippen LogP contribution in [0.2, 0.25) is 0 Å². The molecule has 1 rings (SSSR count). The first-order valence-corrected chi connectivity index (χ1v) is 8.87. The molecule has 0 bridgehead atoms.